The summed E-state index contributed by atoms with van der Waals surface area (Å²) >= 11 is 1.83. The van der Waals surface area contributed by atoms with Gasteiger partial charge >= 0.3 is 0 Å². The normalized spacial score (nSPS) is 13.9. The molecule has 1 N–H and O–H groups in total. The van der Waals surface area contributed by atoms with Crippen LogP contribution in [0.2, 0.25) is 0 Å². The summed E-state index contributed by atoms with van der Waals surface area (Å²) in [5.41, 5.74) is 2.92. The molecular weight excluding hydrogens is 360 g/mol. The van der Waals surface area contributed by atoms with Crippen LogP contribution in [0, 0.1) is 5.41 Å². The van der Waals surface area contributed by atoms with E-state index < -0.39 is 0 Å². The van der Waals surface area contributed by atoms with Crippen LogP contribution in [0.4, 0.5) is 11.4 Å². The highest BCUT2D eigenvalue weighted by Crippen LogP contribution is 2.41. The van der Waals surface area contributed by atoms with E-state index in [2.05, 4.69) is 21.7 Å². The van der Waals surface area contributed by atoms with E-state index in [4.69, 9.17) is 9.47 Å². The second kappa shape index (κ2) is 7.80. The second-order valence-corrected chi connectivity index (χ2v) is 9.05. The van der Waals surface area contributed by atoms with Crippen molar-refractivity contribution in [1.82, 2.24) is 0 Å². The van der Waals surface area contributed by atoms with E-state index in [0.717, 1.165) is 25.2 Å². The fraction of sp³-hybridized carbons (Fsp3) is 0.476. The maximum Gasteiger partial charge on any atom is 0.225 e. The van der Waals surface area contributed by atoms with Gasteiger partial charge in [0.15, 0.2) is 0 Å². The van der Waals surface area contributed by atoms with E-state index >= 15 is 0 Å². The van der Waals surface area contributed by atoms with Gasteiger partial charge in [-0.05, 0) is 28.8 Å². The van der Waals surface area contributed by atoms with E-state index in [9.17, 15) is 4.79 Å². The summed E-state index contributed by atoms with van der Waals surface area (Å²) in [4.78, 5) is 16.2. The van der Waals surface area contributed by atoms with Crippen molar-refractivity contribution < 1.29 is 14.3 Å². The summed E-state index contributed by atoms with van der Waals surface area (Å²) in [6.07, 6.45) is 1.47. The van der Waals surface area contributed by atoms with Crippen molar-refractivity contribution in [2.24, 2.45) is 5.41 Å². The molecule has 1 amide bonds. The van der Waals surface area contributed by atoms with Crippen molar-refractivity contribution in [2.45, 2.75) is 40.2 Å². The molecule has 0 unspecified atom stereocenters. The molecule has 1 aliphatic rings. The Morgan fingerprint density at radius 1 is 1.22 bits per heavy atom. The van der Waals surface area contributed by atoms with Gasteiger partial charge in [-0.2, -0.15) is 0 Å². The third-order valence-corrected chi connectivity index (χ3v) is 5.64. The Labute approximate surface area is 165 Å². The van der Waals surface area contributed by atoms with Crippen molar-refractivity contribution in [3.8, 4) is 11.5 Å². The molecule has 27 heavy (non-hydrogen) atoms. The molecule has 1 aliphatic heterocycles. The van der Waals surface area contributed by atoms with Gasteiger partial charge in [-0.3, -0.25) is 4.79 Å². The fourth-order valence-corrected chi connectivity index (χ4v) is 4.23. The highest BCUT2D eigenvalue weighted by atomic mass is 32.1. The zero-order valence-electron chi connectivity index (χ0n) is 16.7. The van der Waals surface area contributed by atoms with E-state index in [-0.39, 0.29) is 11.3 Å². The van der Waals surface area contributed by atoms with Crippen LogP contribution in [0.15, 0.2) is 23.6 Å². The minimum Gasteiger partial charge on any atom is -0.494 e. The van der Waals surface area contributed by atoms with Gasteiger partial charge in [0.1, 0.15) is 17.2 Å². The van der Waals surface area contributed by atoms with Gasteiger partial charge in [-0.1, -0.05) is 20.8 Å². The Bertz CT molecular complexity index is 798. The number of amides is 1. The van der Waals surface area contributed by atoms with Crippen LogP contribution in [-0.4, -0.2) is 26.7 Å². The van der Waals surface area contributed by atoms with Crippen molar-refractivity contribution in [3.63, 3.8) is 0 Å². The number of benzene rings is 1. The standard InChI is InChI=1S/C21H28N2O3S/c1-21(2,3)12-19(24)22-20-16(25-4)10-15(11-17(20)26-5)23-8-6-18-14(13-23)7-9-27-18/h7,9-11H,6,8,12-13H2,1-5H3,(H,22,24). The highest BCUT2D eigenvalue weighted by molar-refractivity contribution is 7.10. The maximum absolute atomic E-state index is 12.4. The van der Waals surface area contributed by atoms with Gasteiger partial charge in [-0.25, -0.2) is 0 Å². The van der Waals surface area contributed by atoms with Gasteiger partial charge in [-0.15, -0.1) is 11.3 Å². The van der Waals surface area contributed by atoms with Crippen LogP contribution in [0.3, 0.4) is 0 Å². The number of ether oxygens (including phenoxy) is 2. The molecule has 3 rings (SSSR count). The number of carbonyl (C=O) groups excluding carboxylic acids is 1. The quantitative estimate of drug-likeness (QED) is 0.806. The largest absolute Gasteiger partial charge is 0.494 e. The Morgan fingerprint density at radius 2 is 1.89 bits per heavy atom. The molecule has 6 heteroatoms. The summed E-state index contributed by atoms with van der Waals surface area (Å²) in [5, 5.41) is 5.13. The van der Waals surface area contributed by atoms with Crippen molar-refractivity contribution >= 4 is 28.6 Å². The topological polar surface area (TPSA) is 50.8 Å². The molecule has 0 atom stereocenters. The van der Waals surface area contributed by atoms with Crippen molar-refractivity contribution in [2.75, 3.05) is 31.0 Å². The number of carbonyl (C=O) groups is 1. The molecule has 2 heterocycles. The monoisotopic (exact) mass is 388 g/mol. The predicted molar refractivity (Wildman–Crippen MR) is 111 cm³/mol. The van der Waals surface area contributed by atoms with E-state index in [1.54, 1.807) is 14.2 Å². The highest BCUT2D eigenvalue weighted by Gasteiger charge is 2.23. The Balaban J connectivity index is 1.87. The molecule has 0 radical (unpaired) electrons. The number of thiophene rings is 1. The van der Waals surface area contributed by atoms with Crippen LogP contribution < -0.4 is 19.7 Å². The number of hydrogen-bond acceptors (Lipinski definition) is 5. The average Bonchev–Trinajstić information content (AvgIpc) is 3.07. The SMILES string of the molecule is COc1cc(N2CCc3sccc3C2)cc(OC)c1NC(=O)CC(C)(C)C. The first-order valence-corrected chi connectivity index (χ1v) is 10.0. The smallest absolute Gasteiger partial charge is 0.225 e. The van der Waals surface area contributed by atoms with Gasteiger partial charge in [0.2, 0.25) is 5.91 Å². The van der Waals surface area contributed by atoms with E-state index in [0.29, 0.717) is 23.6 Å². The van der Waals surface area contributed by atoms with E-state index in [1.165, 1.54) is 10.4 Å². The molecule has 1 aromatic heterocycles. The van der Waals surface area contributed by atoms with Gasteiger partial charge in [0.25, 0.3) is 0 Å². The van der Waals surface area contributed by atoms with Crippen LogP contribution in [0.25, 0.3) is 0 Å². The van der Waals surface area contributed by atoms with Crippen molar-refractivity contribution in [1.29, 1.82) is 0 Å². The van der Waals surface area contributed by atoms with Crippen molar-refractivity contribution in [3.05, 3.63) is 34.0 Å². The Kier molecular flexibility index (Phi) is 5.65. The third kappa shape index (κ3) is 4.56. The molecule has 2 aromatic rings. The maximum atomic E-state index is 12.4. The first kappa shape index (κ1) is 19.5. The third-order valence-electron chi connectivity index (χ3n) is 4.62. The number of anilines is 2. The van der Waals surface area contributed by atoms with Crippen LogP contribution in [0.1, 0.15) is 37.6 Å². The molecule has 0 fully saturated rings. The first-order chi connectivity index (χ1) is 12.8. The summed E-state index contributed by atoms with van der Waals surface area (Å²) in [6.45, 7) is 7.95. The number of fused-ring (bicyclic) bond motifs is 1. The van der Waals surface area contributed by atoms with E-state index in [1.807, 2.05) is 44.2 Å². The molecule has 1 aromatic carbocycles. The summed E-state index contributed by atoms with van der Waals surface area (Å²) in [7, 11) is 3.23. The summed E-state index contributed by atoms with van der Waals surface area (Å²) < 4.78 is 11.2. The lowest BCUT2D eigenvalue weighted by Gasteiger charge is -2.30. The van der Waals surface area contributed by atoms with Gasteiger partial charge in [0, 0.05) is 42.2 Å². The number of rotatable bonds is 5. The lowest BCUT2D eigenvalue weighted by atomic mass is 9.92. The molecule has 5 nitrogen and oxygen atoms in total. The Hall–Kier alpha value is -2.21. The number of hydrogen-bond donors (Lipinski definition) is 1. The zero-order chi connectivity index (χ0) is 19.6. The fourth-order valence-electron chi connectivity index (χ4n) is 3.34. The van der Waals surface area contributed by atoms with Crippen LogP contribution >= 0.6 is 11.3 Å². The van der Waals surface area contributed by atoms with Crippen LogP contribution in [0.5, 0.6) is 11.5 Å². The minimum absolute atomic E-state index is 0.0484. The molecule has 0 saturated carbocycles. The Morgan fingerprint density at radius 3 is 2.48 bits per heavy atom. The lowest BCUT2D eigenvalue weighted by Crippen LogP contribution is -2.29. The minimum atomic E-state index is -0.0868. The summed E-state index contributed by atoms with van der Waals surface area (Å²) in [6, 6.07) is 6.15. The van der Waals surface area contributed by atoms with Gasteiger partial charge in [0.05, 0.1) is 14.2 Å². The predicted octanol–water partition coefficient (Wildman–Crippen LogP) is 4.70. The molecule has 0 aliphatic carbocycles. The number of nitrogens with zero attached hydrogens (tertiary/aromatic N) is 1. The second-order valence-electron chi connectivity index (χ2n) is 8.05. The lowest BCUT2D eigenvalue weighted by molar-refractivity contribution is -0.117. The van der Waals surface area contributed by atoms with Crippen LogP contribution in [-0.2, 0) is 17.8 Å². The molecular formula is C21H28N2O3S. The summed E-state index contributed by atoms with van der Waals surface area (Å²) in [5.74, 6) is 1.18. The average molecular weight is 389 g/mol. The molecule has 0 saturated heterocycles. The number of nitrogens with one attached hydrogen (secondary N) is 1. The molecule has 146 valence electrons. The molecule has 0 spiro atoms. The first-order valence-electron chi connectivity index (χ1n) is 9.17. The van der Waals surface area contributed by atoms with Gasteiger partial charge < -0.3 is 19.7 Å². The zero-order valence-corrected chi connectivity index (χ0v) is 17.5. The molecule has 0 bridgehead atoms. The number of methoxy groups -OCH3 is 2.